The number of rotatable bonds is 17. The van der Waals surface area contributed by atoms with Gasteiger partial charge in [0, 0.05) is 39.3 Å². The van der Waals surface area contributed by atoms with E-state index in [4.69, 9.17) is 25.7 Å². The summed E-state index contributed by atoms with van der Waals surface area (Å²) in [6, 6.07) is 6.19. The van der Waals surface area contributed by atoms with E-state index in [0.29, 0.717) is 44.0 Å². The van der Waals surface area contributed by atoms with Crippen LogP contribution in [-0.4, -0.2) is 81.5 Å². The van der Waals surface area contributed by atoms with Gasteiger partial charge < -0.3 is 31.0 Å². The van der Waals surface area contributed by atoms with Crippen molar-refractivity contribution in [2.24, 2.45) is 29.2 Å². The van der Waals surface area contributed by atoms with E-state index < -0.39 is 18.1 Å². The van der Waals surface area contributed by atoms with Crippen molar-refractivity contribution in [1.82, 2.24) is 10.2 Å². The molecule has 0 radical (unpaired) electrons. The van der Waals surface area contributed by atoms with Crippen LogP contribution >= 0.6 is 0 Å². The van der Waals surface area contributed by atoms with Crippen LogP contribution in [0, 0.1) is 17.8 Å². The third kappa shape index (κ3) is 11.4. The van der Waals surface area contributed by atoms with E-state index in [1.807, 2.05) is 26.0 Å². The number of carbonyl (C=O) groups is 2. The van der Waals surface area contributed by atoms with Crippen LogP contribution in [0.1, 0.15) is 70.2 Å². The number of likely N-dealkylation sites (tertiary alicyclic amines) is 1. The van der Waals surface area contributed by atoms with Gasteiger partial charge in [0.2, 0.25) is 0 Å². The number of benzene rings is 1. The predicted molar refractivity (Wildman–Crippen MR) is 155 cm³/mol. The Labute approximate surface area is 235 Å². The summed E-state index contributed by atoms with van der Waals surface area (Å²) >= 11 is 0. The Hall–Kier alpha value is -2.20. The van der Waals surface area contributed by atoms with Crippen molar-refractivity contribution in [2.45, 2.75) is 78.0 Å². The Bertz CT molecular complexity index is 860. The van der Waals surface area contributed by atoms with E-state index in [1.165, 1.54) is 6.42 Å². The number of hydrogen-bond acceptors (Lipinski definition) is 8. The van der Waals surface area contributed by atoms with Crippen molar-refractivity contribution in [3.8, 4) is 5.75 Å². The number of para-hydroxylation sites is 1. The molecule has 1 fully saturated rings. The molecule has 0 spiro atoms. The van der Waals surface area contributed by atoms with Gasteiger partial charge in [-0.2, -0.15) is 0 Å². The molecule has 9 nitrogen and oxygen atoms in total. The van der Waals surface area contributed by atoms with Gasteiger partial charge >= 0.3 is 5.97 Å². The Morgan fingerprint density at radius 3 is 2.33 bits per heavy atom. The number of esters is 1. The Kier molecular flexibility index (Phi) is 14.8. The highest BCUT2D eigenvalue weighted by Crippen LogP contribution is 2.22. The van der Waals surface area contributed by atoms with Crippen LogP contribution in [0.2, 0.25) is 0 Å². The maximum Gasteiger partial charge on any atom is 0.323 e. The number of hydrogen-bond donors (Lipinski definition) is 3. The lowest BCUT2D eigenvalue weighted by Gasteiger charge is -2.35. The standard InChI is InChI=1S/C30H52N4O5/c1-21(2)23(19-33-29(35)24-12-7-8-13-26(24)38-17-11-16-37-5)18-25(31)27(20-34-14-9-6-10-15-34)39-30(36)28(32)22(3)4/h7-8,12-13,21-23,25,27-28H,6,9-11,14-20,31-32H2,1-5H3,(H,33,35)/t23-,25+,27+,28+/m1/s1. The molecule has 1 aliphatic rings. The fourth-order valence-corrected chi connectivity index (χ4v) is 4.73. The topological polar surface area (TPSA) is 129 Å². The SMILES string of the molecule is COCCCOc1ccccc1C(=O)NC[C@@H](C[C@H](N)[C@H](CN1CCCCC1)OC(=O)[C@@H](N)C(C)C)C(C)C. The molecule has 9 heteroatoms. The molecular formula is C30H52N4O5. The third-order valence-electron chi connectivity index (χ3n) is 7.55. The van der Waals surface area contributed by atoms with Crippen LogP contribution in [0.15, 0.2) is 24.3 Å². The highest BCUT2D eigenvalue weighted by molar-refractivity contribution is 5.96. The zero-order valence-corrected chi connectivity index (χ0v) is 24.7. The number of ether oxygens (including phenoxy) is 3. The normalized spacial score (nSPS) is 17.5. The van der Waals surface area contributed by atoms with E-state index in [-0.39, 0.29) is 29.7 Å². The largest absolute Gasteiger partial charge is 0.493 e. The molecule has 39 heavy (non-hydrogen) atoms. The molecular weight excluding hydrogens is 496 g/mol. The lowest BCUT2D eigenvalue weighted by molar-refractivity contribution is -0.154. The summed E-state index contributed by atoms with van der Waals surface area (Å²) in [4.78, 5) is 28.2. The number of nitrogens with zero attached hydrogens (tertiary/aromatic N) is 1. The first-order valence-corrected chi connectivity index (χ1v) is 14.6. The van der Waals surface area contributed by atoms with Crippen LogP contribution in [-0.2, 0) is 14.3 Å². The minimum Gasteiger partial charge on any atom is -0.493 e. The van der Waals surface area contributed by atoms with Crippen molar-refractivity contribution >= 4 is 11.9 Å². The highest BCUT2D eigenvalue weighted by Gasteiger charge is 2.31. The van der Waals surface area contributed by atoms with E-state index in [0.717, 1.165) is 32.4 Å². The van der Waals surface area contributed by atoms with E-state index >= 15 is 0 Å². The second kappa shape index (κ2) is 17.5. The molecule has 1 heterocycles. The van der Waals surface area contributed by atoms with Gasteiger partial charge in [0.1, 0.15) is 17.9 Å². The van der Waals surface area contributed by atoms with Gasteiger partial charge in [-0.25, -0.2) is 0 Å². The maximum absolute atomic E-state index is 13.1. The first-order chi connectivity index (χ1) is 18.6. The predicted octanol–water partition coefficient (Wildman–Crippen LogP) is 3.20. The molecule has 1 aromatic rings. The fourth-order valence-electron chi connectivity index (χ4n) is 4.73. The van der Waals surface area contributed by atoms with Gasteiger partial charge in [0.05, 0.1) is 12.2 Å². The molecule has 0 aromatic heterocycles. The van der Waals surface area contributed by atoms with Gasteiger partial charge in [-0.1, -0.05) is 46.2 Å². The van der Waals surface area contributed by atoms with Crippen molar-refractivity contribution in [3.63, 3.8) is 0 Å². The van der Waals surface area contributed by atoms with Crippen LogP contribution in [0.25, 0.3) is 0 Å². The average Bonchev–Trinajstić information content (AvgIpc) is 2.92. The molecule has 0 bridgehead atoms. The van der Waals surface area contributed by atoms with Gasteiger partial charge in [-0.15, -0.1) is 0 Å². The first-order valence-electron chi connectivity index (χ1n) is 14.6. The van der Waals surface area contributed by atoms with Crippen molar-refractivity contribution < 1.29 is 23.8 Å². The highest BCUT2D eigenvalue weighted by atomic mass is 16.5. The van der Waals surface area contributed by atoms with E-state index in [2.05, 4.69) is 24.1 Å². The molecule has 5 N–H and O–H groups in total. The van der Waals surface area contributed by atoms with E-state index in [9.17, 15) is 9.59 Å². The van der Waals surface area contributed by atoms with Gasteiger partial charge in [0.25, 0.3) is 5.91 Å². The molecule has 2 rings (SSSR count). The lowest BCUT2D eigenvalue weighted by Crippen LogP contribution is -2.51. The summed E-state index contributed by atoms with van der Waals surface area (Å²) in [5.74, 6) is 0.310. The van der Waals surface area contributed by atoms with E-state index in [1.54, 1.807) is 19.2 Å². The van der Waals surface area contributed by atoms with Crippen molar-refractivity contribution in [1.29, 1.82) is 0 Å². The van der Waals surface area contributed by atoms with Crippen molar-refractivity contribution in [2.75, 3.05) is 46.5 Å². The quantitative estimate of drug-likeness (QED) is 0.200. The van der Waals surface area contributed by atoms with Gasteiger partial charge in [-0.05, 0) is 62.2 Å². The molecule has 4 atom stereocenters. The Morgan fingerprint density at radius 1 is 1.00 bits per heavy atom. The summed E-state index contributed by atoms with van der Waals surface area (Å²) in [5, 5.41) is 3.08. The zero-order chi connectivity index (χ0) is 28.8. The van der Waals surface area contributed by atoms with Crippen LogP contribution in [0.3, 0.4) is 0 Å². The molecule has 1 amide bonds. The number of methoxy groups -OCH3 is 1. The second-order valence-electron chi connectivity index (χ2n) is 11.4. The molecule has 1 aliphatic heterocycles. The monoisotopic (exact) mass is 548 g/mol. The fraction of sp³-hybridized carbons (Fsp3) is 0.733. The molecule has 0 aliphatic carbocycles. The first kappa shape index (κ1) is 33.0. The average molecular weight is 549 g/mol. The third-order valence-corrected chi connectivity index (χ3v) is 7.55. The Morgan fingerprint density at radius 2 is 1.69 bits per heavy atom. The number of piperidine rings is 1. The zero-order valence-electron chi connectivity index (χ0n) is 24.7. The second-order valence-corrected chi connectivity index (χ2v) is 11.4. The number of amides is 1. The Balaban J connectivity index is 2.04. The summed E-state index contributed by atoms with van der Waals surface area (Å²) in [6.45, 7) is 12.1. The molecule has 1 aromatic carbocycles. The van der Waals surface area contributed by atoms with Gasteiger partial charge in [0.15, 0.2) is 0 Å². The molecule has 222 valence electrons. The maximum atomic E-state index is 13.1. The molecule has 0 unspecified atom stereocenters. The molecule has 1 saturated heterocycles. The summed E-state index contributed by atoms with van der Waals surface area (Å²) < 4.78 is 16.8. The number of carbonyl (C=O) groups excluding carboxylic acids is 2. The lowest BCUT2D eigenvalue weighted by atomic mass is 9.87. The minimum atomic E-state index is -0.682. The number of nitrogens with one attached hydrogen (secondary N) is 1. The number of nitrogens with two attached hydrogens (primary N) is 2. The van der Waals surface area contributed by atoms with Crippen LogP contribution in [0.4, 0.5) is 0 Å². The van der Waals surface area contributed by atoms with Crippen LogP contribution in [0.5, 0.6) is 5.75 Å². The molecule has 0 saturated carbocycles. The summed E-state index contributed by atoms with van der Waals surface area (Å²) in [6.07, 6.45) is 4.39. The smallest absolute Gasteiger partial charge is 0.323 e. The summed E-state index contributed by atoms with van der Waals surface area (Å²) in [5.41, 5.74) is 13.3. The van der Waals surface area contributed by atoms with Crippen LogP contribution < -0.4 is 21.5 Å². The summed E-state index contributed by atoms with van der Waals surface area (Å²) in [7, 11) is 1.65. The van der Waals surface area contributed by atoms with Gasteiger partial charge in [-0.3, -0.25) is 14.5 Å². The minimum absolute atomic E-state index is 0.0187. The van der Waals surface area contributed by atoms with Crippen molar-refractivity contribution in [3.05, 3.63) is 29.8 Å².